The van der Waals surface area contributed by atoms with Crippen molar-refractivity contribution in [3.63, 3.8) is 0 Å². The molecule has 23 heavy (non-hydrogen) atoms. The lowest BCUT2D eigenvalue weighted by atomic mass is 10.1. The molecule has 0 aromatic heterocycles. The monoisotopic (exact) mass is 333 g/mol. The summed E-state index contributed by atoms with van der Waals surface area (Å²) in [7, 11) is 1.95. The molecule has 0 spiro atoms. The number of halogens is 2. The lowest BCUT2D eigenvalue weighted by Crippen LogP contribution is -2.14. The Morgan fingerprint density at radius 2 is 2.04 bits per heavy atom. The molecule has 0 bridgehead atoms. The highest BCUT2D eigenvalue weighted by molar-refractivity contribution is 6.33. The molecule has 0 saturated carbocycles. The highest BCUT2D eigenvalue weighted by Gasteiger charge is 2.07. The van der Waals surface area contributed by atoms with Gasteiger partial charge in [0.25, 0.3) is 0 Å². The topological polar surface area (TPSA) is 27.6 Å². The van der Waals surface area contributed by atoms with Crippen LogP contribution in [0.3, 0.4) is 0 Å². The summed E-state index contributed by atoms with van der Waals surface area (Å²) >= 11 is 6.29. The van der Waals surface area contributed by atoms with E-state index in [2.05, 4.69) is 17.2 Å². The van der Waals surface area contributed by atoms with E-state index in [1.54, 1.807) is 18.5 Å². The number of nitrogens with zero attached hydrogens (tertiary/aromatic N) is 2. The molecule has 5 heteroatoms. The van der Waals surface area contributed by atoms with Gasteiger partial charge in [0.15, 0.2) is 0 Å². The third-order valence-corrected chi connectivity index (χ3v) is 3.92. The SMILES string of the molecule is CCN(C)/C=N\c1cc(C)c(NCc2ccccc2F)cc1Cl. The van der Waals surface area contributed by atoms with Gasteiger partial charge in [-0.2, -0.15) is 0 Å². The Labute approximate surface area is 141 Å². The average Bonchev–Trinajstić information content (AvgIpc) is 2.54. The first-order valence-electron chi connectivity index (χ1n) is 7.53. The summed E-state index contributed by atoms with van der Waals surface area (Å²) in [4.78, 5) is 6.36. The molecule has 3 nitrogen and oxygen atoms in total. The van der Waals surface area contributed by atoms with Crippen LogP contribution >= 0.6 is 11.6 Å². The third-order valence-electron chi connectivity index (χ3n) is 3.61. The molecule has 0 aliphatic rings. The van der Waals surface area contributed by atoms with Gasteiger partial charge in [-0.1, -0.05) is 29.8 Å². The quantitative estimate of drug-likeness (QED) is 0.594. The normalized spacial score (nSPS) is 11.0. The molecule has 122 valence electrons. The molecule has 2 aromatic rings. The lowest BCUT2D eigenvalue weighted by Gasteiger charge is -2.13. The van der Waals surface area contributed by atoms with Crippen LogP contribution in [0.15, 0.2) is 41.4 Å². The number of rotatable bonds is 6. The maximum Gasteiger partial charge on any atom is 0.128 e. The van der Waals surface area contributed by atoms with Crippen molar-refractivity contribution < 1.29 is 4.39 Å². The van der Waals surface area contributed by atoms with Crippen molar-refractivity contribution in [2.75, 3.05) is 18.9 Å². The van der Waals surface area contributed by atoms with Gasteiger partial charge in [0, 0.05) is 31.4 Å². The average molecular weight is 334 g/mol. The zero-order chi connectivity index (χ0) is 16.8. The Kier molecular flexibility index (Phi) is 5.99. The third kappa shape index (κ3) is 4.70. The van der Waals surface area contributed by atoms with Gasteiger partial charge in [0.2, 0.25) is 0 Å². The van der Waals surface area contributed by atoms with Crippen LogP contribution in [0.5, 0.6) is 0 Å². The molecule has 0 atom stereocenters. The highest BCUT2D eigenvalue weighted by atomic mass is 35.5. The van der Waals surface area contributed by atoms with E-state index < -0.39 is 0 Å². The number of hydrogen-bond acceptors (Lipinski definition) is 2. The second-order valence-electron chi connectivity index (χ2n) is 5.38. The van der Waals surface area contributed by atoms with Crippen LogP contribution in [0.2, 0.25) is 5.02 Å². The van der Waals surface area contributed by atoms with E-state index in [-0.39, 0.29) is 5.82 Å². The van der Waals surface area contributed by atoms with E-state index in [4.69, 9.17) is 11.6 Å². The first-order chi connectivity index (χ1) is 11.0. The van der Waals surface area contributed by atoms with Gasteiger partial charge in [-0.25, -0.2) is 9.38 Å². The largest absolute Gasteiger partial charge is 0.381 e. The van der Waals surface area contributed by atoms with Crippen molar-refractivity contribution in [2.24, 2.45) is 4.99 Å². The number of benzene rings is 2. The second kappa shape index (κ2) is 7.97. The van der Waals surface area contributed by atoms with Crippen molar-refractivity contribution in [1.29, 1.82) is 0 Å². The van der Waals surface area contributed by atoms with Gasteiger partial charge in [-0.15, -0.1) is 0 Å². The highest BCUT2D eigenvalue weighted by Crippen LogP contribution is 2.31. The van der Waals surface area contributed by atoms with Gasteiger partial charge < -0.3 is 10.2 Å². The van der Waals surface area contributed by atoms with Crippen molar-refractivity contribution in [3.05, 3.63) is 58.4 Å². The maximum atomic E-state index is 13.7. The van der Waals surface area contributed by atoms with E-state index in [1.807, 2.05) is 37.1 Å². The van der Waals surface area contributed by atoms with E-state index in [0.717, 1.165) is 23.5 Å². The molecule has 0 aliphatic heterocycles. The molecule has 0 heterocycles. The van der Waals surface area contributed by atoms with Crippen molar-refractivity contribution in [1.82, 2.24) is 4.90 Å². The predicted octanol–water partition coefficient (Wildman–Crippen LogP) is 5.01. The van der Waals surface area contributed by atoms with Gasteiger partial charge in [0.05, 0.1) is 17.0 Å². The number of anilines is 1. The molecule has 2 rings (SSSR count). The minimum absolute atomic E-state index is 0.215. The van der Waals surface area contributed by atoms with Gasteiger partial charge in [-0.3, -0.25) is 0 Å². The van der Waals surface area contributed by atoms with Crippen molar-refractivity contribution in [2.45, 2.75) is 20.4 Å². The zero-order valence-electron chi connectivity index (χ0n) is 13.6. The van der Waals surface area contributed by atoms with E-state index in [1.165, 1.54) is 6.07 Å². The number of hydrogen-bond donors (Lipinski definition) is 1. The van der Waals surface area contributed by atoms with Crippen LogP contribution in [0.25, 0.3) is 0 Å². The van der Waals surface area contributed by atoms with Crippen LogP contribution in [-0.4, -0.2) is 24.8 Å². The summed E-state index contributed by atoms with van der Waals surface area (Å²) < 4.78 is 13.7. The van der Waals surface area contributed by atoms with E-state index >= 15 is 0 Å². The predicted molar refractivity (Wildman–Crippen MR) is 96.4 cm³/mol. The Morgan fingerprint density at radius 3 is 2.74 bits per heavy atom. The van der Waals surface area contributed by atoms with Gasteiger partial charge >= 0.3 is 0 Å². The minimum Gasteiger partial charge on any atom is -0.381 e. The number of nitrogens with one attached hydrogen (secondary N) is 1. The van der Waals surface area contributed by atoms with Gasteiger partial charge in [-0.05, 0) is 37.6 Å². The molecule has 1 N–H and O–H groups in total. The summed E-state index contributed by atoms with van der Waals surface area (Å²) in [5, 5.41) is 3.79. The Bertz CT molecular complexity index is 701. The number of aryl methyl sites for hydroxylation is 1. The fraction of sp³-hybridized carbons (Fsp3) is 0.278. The van der Waals surface area contributed by atoms with Crippen molar-refractivity contribution >= 4 is 29.3 Å². The van der Waals surface area contributed by atoms with Gasteiger partial charge in [0.1, 0.15) is 5.82 Å². The molecular weight excluding hydrogens is 313 g/mol. The zero-order valence-corrected chi connectivity index (χ0v) is 14.4. The summed E-state index contributed by atoms with van der Waals surface area (Å²) in [5.41, 5.74) is 3.23. The van der Waals surface area contributed by atoms with Crippen LogP contribution in [-0.2, 0) is 6.54 Å². The summed E-state index contributed by atoms with van der Waals surface area (Å²) in [6.45, 7) is 5.31. The Hall–Kier alpha value is -2.07. The molecule has 0 fully saturated rings. The molecule has 2 aromatic carbocycles. The first-order valence-corrected chi connectivity index (χ1v) is 7.91. The Morgan fingerprint density at radius 1 is 1.30 bits per heavy atom. The van der Waals surface area contributed by atoms with Crippen LogP contribution < -0.4 is 5.32 Å². The summed E-state index contributed by atoms with van der Waals surface area (Å²) in [5.74, 6) is -0.215. The van der Waals surface area contributed by atoms with Crippen LogP contribution in [0, 0.1) is 12.7 Å². The fourth-order valence-corrected chi connectivity index (χ4v) is 2.24. The second-order valence-corrected chi connectivity index (χ2v) is 5.79. The standard InChI is InChI=1S/C18H21ClFN3/c1-4-23(3)12-22-18-9-13(2)17(10-15(18)19)21-11-14-7-5-6-8-16(14)20/h5-10,12,21H,4,11H2,1-3H3/b22-12-. The molecule has 0 aliphatic carbocycles. The first kappa shape index (κ1) is 17.3. The molecule has 0 radical (unpaired) electrons. The molecule has 0 unspecified atom stereocenters. The van der Waals surface area contributed by atoms with E-state index in [0.29, 0.717) is 17.1 Å². The lowest BCUT2D eigenvalue weighted by molar-refractivity contribution is 0.552. The van der Waals surface area contributed by atoms with Crippen LogP contribution in [0.4, 0.5) is 15.8 Å². The smallest absolute Gasteiger partial charge is 0.128 e. The maximum absolute atomic E-state index is 13.7. The molecule has 0 amide bonds. The summed E-state index contributed by atoms with van der Waals surface area (Å²) in [6.07, 6.45) is 1.76. The Balaban J connectivity index is 2.14. The minimum atomic E-state index is -0.215. The van der Waals surface area contributed by atoms with Crippen LogP contribution in [0.1, 0.15) is 18.1 Å². The summed E-state index contributed by atoms with van der Waals surface area (Å²) in [6, 6.07) is 10.5. The van der Waals surface area contributed by atoms with E-state index in [9.17, 15) is 4.39 Å². The molecule has 0 saturated heterocycles. The number of aliphatic imine (C=N–C) groups is 1. The fourth-order valence-electron chi connectivity index (χ4n) is 2.03. The molecular formula is C18H21ClFN3. The van der Waals surface area contributed by atoms with Crippen molar-refractivity contribution in [3.8, 4) is 0 Å².